The Bertz CT molecular complexity index is 1220. The van der Waals surface area contributed by atoms with Crippen molar-refractivity contribution in [2.75, 3.05) is 33.7 Å². The predicted octanol–water partition coefficient (Wildman–Crippen LogP) is 4.64. The molecular weight excluding hydrogens is 486 g/mol. The van der Waals surface area contributed by atoms with Gasteiger partial charge < -0.3 is 15.1 Å². The van der Waals surface area contributed by atoms with Crippen molar-refractivity contribution in [1.82, 2.24) is 24.5 Å². The van der Waals surface area contributed by atoms with Crippen LogP contribution in [0.3, 0.4) is 0 Å². The van der Waals surface area contributed by atoms with Crippen LogP contribution in [-0.4, -0.2) is 70.8 Å². The quantitative estimate of drug-likeness (QED) is 0.443. The highest BCUT2D eigenvalue weighted by Crippen LogP contribution is 2.25. The van der Waals surface area contributed by atoms with E-state index in [1.807, 2.05) is 47.5 Å². The topological polar surface area (TPSA) is 70.0 Å². The summed E-state index contributed by atoms with van der Waals surface area (Å²) in [4.78, 5) is 35.1. The second-order valence-electron chi connectivity index (χ2n) is 10.7. The molecule has 8 heteroatoms. The Balaban J connectivity index is 1.45. The molecule has 0 bridgehead atoms. The van der Waals surface area contributed by atoms with Gasteiger partial charge in [0.1, 0.15) is 11.3 Å². The standard InChI is InChI=1S/C29H38ClN5O2/c1-20(2)15-22(21-10-12-23(30)13-11-21)17-31-29(37)26-8-5-9-27-32-24(18-35(26)27)16-28(36)34-14-6-7-25(19-34)33(3)4/h5,8-13,18,20,22,25H,6-7,14-17,19H2,1-4H3,(H,31,37). The van der Waals surface area contributed by atoms with Gasteiger partial charge in [0.25, 0.3) is 5.91 Å². The highest BCUT2D eigenvalue weighted by atomic mass is 35.5. The van der Waals surface area contributed by atoms with Crippen LogP contribution < -0.4 is 5.32 Å². The second-order valence-corrected chi connectivity index (χ2v) is 11.2. The summed E-state index contributed by atoms with van der Waals surface area (Å²) in [6.45, 7) is 6.43. The number of likely N-dealkylation sites (tertiary alicyclic amines) is 1. The van der Waals surface area contributed by atoms with Crippen LogP contribution in [0, 0.1) is 5.92 Å². The van der Waals surface area contributed by atoms with Crippen molar-refractivity contribution in [2.45, 2.75) is 51.5 Å². The van der Waals surface area contributed by atoms with E-state index in [9.17, 15) is 9.59 Å². The smallest absolute Gasteiger partial charge is 0.268 e. The molecule has 2 atom stereocenters. The number of hydrogen-bond donors (Lipinski definition) is 1. The lowest BCUT2D eigenvalue weighted by Gasteiger charge is -2.36. The lowest BCUT2D eigenvalue weighted by molar-refractivity contribution is -0.132. The van der Waals surface area contributed by atoms with E-state index in [2.05, 4.69) is 43.1 Å². The molecule has 1 aromatic carbocycles. The normalized spacial score (nSPS) is 16.9. The van der Waals surface area contributed by atoms with Crippen LogP contribution in [0.15, 0.2) is 48.7 Å². The van der Waals surface area contributed by atoms with Crippen molar-refractivity contribution < 1.29 is 9.59 Å². The number of rotatable bonds is 9. The molecule has 4 rings (SSSR count). The first-order valence-electron chi connectivity index (χ1n) is 13.2. The number of benzene rings is 1. The molecule has 0 radical (unpaired) electrons. The number of halogens is 1. The Hall–Kier alpha value is -2.90. The van der Waals surface area contributed by atoms with Crippen molar-refractivity contribution in [1.29, 1.82) is 0 Å². The third-order valence-corrected chi connectivity index (χ3v) is 7.44. The van der Waals surface area contributed by atoms with Crippen LogP contribution in [0.1, 0.15) is 60.8 Å². The molecule has 1 N–H and O–H groups in total. The van der Waals surface area contributed by atoms with Gasteiger partial charge >= 0.3 is 0 Å². The van der Waals surface area contributed by atoms with Crippen LogP contribution in [-0.2, 0) is 11.2 Å². The van der Waals surface area contributed by atoms with E-state index in [-0.39, 0.29) is 24.2 Å². The lowest BCUT2D eigenvalue weighted by atomic mass is 9.90. The van der Waals surface area contributed by atoms with Crippen LogP contribution in [0.5, 0.6) is 0 Å². The highest BCUT2D eigenvalue weighted by molar-refractivity contribution is 6.30. The number of piperidine rings is 1. The minimum absolute atomic E-state index is 0.0837. The molecule has 2 amide bonds. The number of pyridine rings is 1. The Kier molecular flexibility index (Phi) is 8.87. The van der Waals surface area contributed by atoms with E-state index < -0.39 is 0 Å². The zero-order chi connectivity index (χ0) is 26.5. The summed E-state index contributed by atoms with van der Waals surface area (Å²) in [5.74, 6) is 0.600. The van der Waals surface area contributed by atoms with Crippen LogP contribution in [0.4, 0.5) is 0 Å². The number of imidazole rings is 1. The molecule has 3 heterocycles. The molecule has 0 saturated carbocycles. The molecular formula is C29H38ClN5O2. The number of carbonyl (C=O) groups excluding carboxylic acids is 2. The Morgan fingerprint density at radius 2 is 1.92 bits per heavy atom. The summed E-state index contributed by atoms with van der Waals surface area (Å²) in [7, 11) is 4.13. The van der Waals surface area contributed by atoms with Gasteiger partial charge in [-0.05, 0) is 69.1 Å². The predicted molar refractivity (Wildman–Crippen MR) is 148 cm³/mol. The number of nitrogens with one attached hydrogen (secondary N) is 1. The molecule has 0 spiro atoms. The molecule has 1 fully saturated rings. The van der Waals surface area contributed by atoms with Gasteiger partial charge in [-0.2, -0.15) is 0 Å². The molecule has 0 aliphatic carbocycles. The van der Waals surface area contributed by atoms with E-state index in [1.54, 1.807) is 10.5 Å². The van der Waals surface area contributed by atoms with E-state index >= 15 is 0 Å². The number of hydrogen-bond acceptors (Lipinski definition) is 4. The Labute approximate surface area is 224 Å². The minimum atomic E-state index is -0.159. The summed E-state index contributed by atoms with van der Waals surface area (Å²) in [6.07, 6.45) is 5.13. The number of likely N-dealkylation sites (N-methyl/N-ethyl adjacent to an activating group) is 1. The van der Waals surface area contributed by atoms with Gasteiger partial charge in [-0.15, -0.1) is 0 Å². The van der Waals surface area contributed by atoms with Crippen LogP contribution in [0.2, 0.25) is 5.02 Å². The van der Waals surface area contributed by atoms with E-state index in [0.717, 1.165) is 37.9 Å². The monoisotopic (exact) mass is 523 g/mol. The largest absolute Gasteiger partial charge is 0.350 e. The van der Waals surface area contributed by atoms with Crippen molar-refractivity contribution in [3.63, 3.8) is 0 Å². The summed E-state index contributed by atoms with van der Waals surface area (Å²) in [6, 6.07) is 13.7. The van der Waals surface area contributed by atoms with Crippen molar-refractivity contribution in [2.24, 2.45) is 5.92 Å². The highest BCUT2D eigenvalue weighted by Gasteiger charge is 2.25. The fourth-order valence-electron chi connectivity index (χ4n) is 5.15. The minimum Gasteiger partial charge on any atom is -0.350 e. The maximum atomic E-state index is 13.3. The second kappa shape index (κ2) is 12.1. The molecule has 198 valence electrons. The van der Waals surface area contributed by atoms with Crippen molar-refractivity contribution in [3.05, 3.63) is 70.6 Å². The number of aromatic nitrogens is 2. The van der Waals surface area contributed by atoms with Gasteiger partial charge in [-0.1, -0.05) is 43.6 Å². The Morgan fingerprint density at radius 3 is 2.62 bits per heavy atom. The molecule has 2 unspecified atom stereocenters. The third kappa shape index (κ3) is 6.90. The van der Waals surface area contributed by atoms with Gasteiger partial charge in [-0.25, -0.2) is 4.98 Å². The van der Waals surface area contributed by atoms with Gasteiger partial charge in [0, 0.05) is 42.8 Å². The maximum Gasteiger partial charge on any atom is 0.268 e. The number of amides is 2. The van der Waals surface area contributed by atoms with Gasteiger partial charge in [0.2, 0.25) is 5.91 Å². The fourth-order valence-corrected chi connectivity index (χ4v) is 5.27. The van der Waals surface area contributed by atoms with Crippen molar-refractivity contribution >= 4 is 29.1 Å². The maximum absolute atomic E-state index is 13.3. The zero-order valence-corrected chi connectivity index (χ0v) is 23.0. The fraction of sp³-hybridized carbons (Fsp3) is 0.483. The molecule has 7 nitrogen and oxygen atoms in total. The zero-order valence-electron chi connectivity index (χ0n) is 22.3. The average Bonchev–Trinajstić information content (AvgIpc) is 3.29. The first kappa shape index (κ1) is 27.1. The first-order chi connectivity index (χ1) is 17.7. The van der Waals surface area contributed by atoms with Gasteiger partial charge in [0.05, 0.1) is 12.1 Å². The molecule has 1 aliphatic heterocycles. The van der Waals surface area contributed by atoms with Crippen molar-refractivity contribution in [3.8, 4) is 0 Å². The first-order valence-corrected chi connectivity index (χ1v) is 13.5. The van der Waals surface area contributed by atoms with Crippen LogP contribution >= 0.6 is 11.6 Å². The summed E-state index contributed by atoms with van der Waals surface area (Å²) < 4.78 is 1.79. The van der Waals surface area contributed by atoms with E-state index in [0.29, 0.717) is 40.6 Å². The Morgan fingerprint density at radius 1 is 1.16 bits per heavy atom. The molecule has 3 aromatic rings. The lowest BCUT2D eigenvalue weighted by Crippen LogP contribution is -2.47. The number of nitrogens with zero attached hydrogens (tertiary/aromatic N) is 4. The number of fused-ring (bicyclic) bond motifs is 1. The SMILES string of the molecule is CC(C)CC(CNC(=O)c1cccc2nc(CC(=O)N3CCCC(N(C)C)C3)cn12)c1ccc(Cl)cc1. The summed E-state index contributed by atoms with van der Waals surface area (Å²) in [5, 5.41) is 3.83. The molecule has 2 aromatic heterocycles. The average molecular weight is 524 g/mol. The molecule has 1 saturated heterocycles. The van der Waals surface area contributed by atoms with Gasteiger partial charge in [0.15, 0.2) is 0 Å². The van der Waals surface area contributed by atoms with Gasteiger partial charge in [-0.3, -0.25) is 14.0 Å². The van der Waals surface area contributed by atoms with E-state index in [1.165, 1.54) is 0 Å². The molecule has 1 aliphatic rings. The number of carbonyl (C=O) groups is 2. The van der Waals surface area contributed by atoms with Crippen LogP contribution in [0.25, 0.3) is 5.65 Å². The summed E-state index contributed by atoms with van der Waals surface area (Å²) in [5.41, 5.74) is 3.01. The molecule has 37 heavy (non-hydrogen) atoms. The summed E-state index contributed by atoms with van der Waals surface area (Å²) >= 11 is 6.08. The third-order valence-electron chi connectivity index (χ3n) is 7.19. The van der Waals surface area contributed by atoms with E-state index in [4.69, 9.17) is 11.6 Å².